The topological polar surface area (TPSA) is 76.0 Å². The molecule has 0 unspecified atom stereocenters. The number of carbonyl (C=O) groups is 1. The lowest BCUT2D eigenvalue weighted by atomic mass is 10.4. The van der Waals surface area contributed by atoms with E-state index in [-0.39, 0.29) is 13.2 Å². The van der Waals surface area contributed by atoms with Crippen molar-refractivity contribution in [2.75, 3.05) is 13.2 Å². The minimum absolute atomic E-state index is 0.221. The predicted octanol–water partition coefficient (Wildman–Crippen LogP) is 3.05. The van der Waals surface area contributed by atoms with Crippen LogP contribution in [0.3, 0.4) is 0 Å². The minimum atomic E-state index is -3.68. The van der Waals surface area contributed by atoms with Gasteiger partial charge in [0.2, 0.25) is 0 Å². The lowest BCUT2D eigenvalue weighted by Gasteiger charge is -2.11. The van der Waals surface area contributed by atoms with E-state index in [1.165, 1.54) is 0 Å². The molecule has 0 spiro atoms. The van der Waals surface area contributed by atoms with E-state index in [4.69, 9.17) is 14.2 Å². The van der Waals surface area contributed by atoms with Crippen molar-refractivity contribution in [2.24, 2.45) is 0 Å². The van der Waals surface area contributed by atoms with Gasteiger partial charge in [-0.3, -0.25) is 0 Å². The van der Waals surface area contributed by atoms with Crippen LogP contribution in [-0.2, 0) is 9.05 Å². The van der Waals surface area contributed by atoms with Crippen LogP contribution in [0.2, 0.25) is 0 Å². The predicted molar refractivity (Wildman–Crippen MR) is 58.9 cm³/mol. The molecule has 90 valence electrons. The number of hydrogen-bond donors (Lipinski definition) is 2. The van der Waals surface area contributed by atoms with Crippen molar-refractivity contribution in [3.8, 4) is 0 Å². The number of unbranched alkanes of at least 4 members (excludes halogenated alkanes) is 2. The summed E-state index contributed by atoms with van der Waals surface area (Å²) in [6.45, 7) is 4.36. The van der Waals surface area contributed by atoms with E-state index in [1.807, 2.05) is 13.8 Å². The highest BCUT2D eigenvalue weighted by molar-refractivity contribution is 7.77. The molecule has 0 rings (SSSR count). The van der Waals surface area contributed by atoms with Gasteiger partial charge in [0.1, 0.15) is 0 Å². The average molecular weight is 239 g/mol. The quantitative estimate of drug-likeness (QED) is 0.477. The second-order valence-corrected chi connectivity index (χ2v) is 5.12. The molecule has 0 saturated heterocycles. The SMILES string of the molecule is CCCCO[P+](O)(OCCCC)C(=O)O. The Balaban J connectivity index is 4.01. The first-order chi connectivity index (χ1) is 7.06. The molecule has 0 radical (unpaired) electrons. The zero-order valence-electron chi connectivity index (χ0n) is 9.31. The lowest BCUT2D eigenvalue weighted by Crippen LogP contribution is -2.12. The van der Waals surface area contributed by atoms with Crippen molar-refractivity contribution >= 4 is 13.7 Å². The summed E-state index contributed by atoms with van der Waals surface area (Å²) < 4.78 is 9.85. The molecule has 0 aromatic heterocycles. The zero-order valence-corrected chi connectivity index (χ0v) is 10.2. The first-order valence-electron chi connectivity index (χ1n) is 5.21. The minimum Gasteiger partial charge on any atom is -0.445 e. The van der Waals surface area contributed by atoms with Gasteiger partial charge in [0.15, 0.2) is 0 Å². The van der Waals surface area contributed by atoms with E-state index in [0.29, 0.717) is 12.8 Å². The summed E-state index contributed by atoms with van der Waals surface area (Å²) in [6.07, 6.45) is 3.20. The van der Waals surface area contributed by atoms with Crippen LogP contribution in [0.25, 0.3) is 0 Å². The van der Waals surface area contributed by atoms with E-state index >= 15 is 0 Å². The molecule has 15 heavy (non-hydrogen) atoms. The first-order valence-corrected chi connectivity index (χ1v) is 6.79. The third kappa shape index (κ3) is 6.05. The molecule has 0 amide bonds. The Labute approximate surface area is 91.0 Å². The largest absolute Gasteiger partial charge is 0.543 e. The molecule has 0 aliphatic carbocycles. The summed E-state index contributed by atoms with van der Waals surface area (Å²) in [6, 6.07) is 0. The van der Waals surface area contributed by atoms with Crippen molar-refractivity contribution in [3.05, 3.63) is 0 Å². The van der Waals surface area contributed by atoms with Crippen LogP contribution in [0, 0.1) is 0 Å². The highest BCUT2D eigenvalue weighted by atomic mass is 31.2. The van der Waals surface area contributed by atoms with Gasteiger partial charge in [-0.05, 0) is 12.8 Å². The molecule has 0 heterocycles. The number of hydrogen-bond acceptors (Lipinski definition) is 4. The molecular formula is C9H20O5P+. The van der Waals surface area contributed by atoms with Gasteiger partial charge in [0.05, 0.1) is 13.2 Å². The Bertz CT molecular complexity index is 175. The summed E-state index contributed by atoms with van der Waals surface area (Å²) in [4.78, 5) is 20.4. The van der Waals surface area contributed by atoms with Crippen molar-refractivity contribution in [3.63, 3.8) is 0 Å². The zero-order chi connectivity index (χ0) is 11.7. The van der Waals surface area contributed by atoms with Crippen LogP contribution < -0.4 is 0 Å². The molecule has 0 bridgehead atoms. The van der Waals surface area contributed by atoms with Crippen molar-refractivity contribution in [1.29, 1.82) is 0 Å². The van der Waals surface area contributed by atoms with Crippen LogP contribution in [0.15, 0.2) is 0 Å². The molecule has 2 N–H and O–H groups in total. The Morgan fingerprint density at radius 1 is 1.13 bits per heavy atom. The fourth-order valence-electron chi connectivity index (χ4n) is 0.813. The highest BCUT2D eigenvalue weighted by Crippen LogP contribution is 2.57. The third-order valence-corrected chi connectivity index (χ3v) is 3.32. The second-order valence-electron chi connectivity index (χ2n) is 3.18. The van der Waals surface area contributed by atoms with Gasteiger partial charge in [0, 0.05) is 0 Å². The molecule has 0 aromatic carbocycles. The third-order valence-electron chi connectivity index (χ3n) is 1.77. The Morgan fingerprint density at radius 3 is 1.80 bits per heavy atom. The fourth-order valence-corrected chi connectivity index (χ4v) is 1.86. The molecule has 0 saturated carbocycles. The molecular weight excluding hydrogens is 219 g/mol. The number of rotatable bonds is 9. The van der Waals surface area contributed by atoms with Gasteiger partial charge < -0.3 is 5.11 Å². The first kappa shape index (κ1) is 14.8. The van der Waals surface area contributed by atoms with Crippen LogP contribution in [-0.4, -0.2) is 28.9 Å². The standard InChI is InChI=1S/C9H19O5P/c1-3-5-7-13-15(12,9(10)11)14-8-6-4-2/h12H,3-8H2,1-2H3/p+1. The Kier molecular flexibility index (Phi) is 7.88. The van der Waals surface area contributed by atoms with E-state index in [1.54, 1.807) is 0 Å². The maximum atomic E-state index is 10.8. The Hall–Kier alpha value is -0.220. The second kappa shape index (κ2) is 7.99. The van der Waals surface area contributed by atoms with Crippen molar-refractivity contribution < 1.29 is 23.8 Å². The van der Waals surface area contributed by atoms with Gasteiger partial charge in [-0.25, -0.2) is 0 Å². The molecule has 5 nitrogen and oxygen atoms in total. The summed E-state index contributed by atoms with van der Waals surface area (Å²) in [5.74, 6) is 0. The Morgan fingerprint density at radius 2 is 1.53 bits per heavy atom. The fraction of sp³-hybridized carbons (Fsp3) is 0.889. The van der Waals surface area contributed by atoms with Crippen LogP contribution in [0.5, 0.6) is 0 Å². The van der Waals surface area contributed by atoms with Gasteiger partial charge in [-0.1, -0.05) is 26.7 Å². The van der Waals surface area contributed by atoms with Crippen molar-refractivity contribution in [2.45, 2.75) is 39.5 Å². The maximum Gasteiger partial charge on any atom is 0.543 e. The summed E-state index contributed by atoms with van der Waals surface area (Å²) in [5, 5.41) is 8.78. The molecule has 0 atom stereocenters. The van der Waals surface area contributed by atoms with E-state index in [0.717, 1.165) is 12.8 Å². The van der Waals surface area contributed by atoms with Crippen LogP contribution in [0.4, 0.5) is 4.79 Å². The van der Waals surface area contributed by atoms with Crippen molar-refractivity contribution in [1.82, 2.24) is 0 Å². The molecule has 6 heteroatoms. The van der Waals surface area contributed by atoms with Gasteiger partial charge in [-0.2, -0.15) is 18.7 Å². The van der Waals surface area contributed by atoms with E-state index in [2.05, 4.69) is 0 Å². The summed E-state index contributed by atoms with van der Waals surface area (Å²) in [5.41, 5.74) is -1.39. The highest BCUT2D eigenvalue weighted by Gasteiger charge is 2.52. The lowest BCUT2D eigenvalue weighted by molar-refractivity contribution is 0.153. The molecule has 0 fully saturated rings. The van der Waals surface area contributed by atoms with Crippen LogP contribution in [0.1, 0.15) is 39.5 Å². The summed E-state index contributed by atoms with van der Waals surface area (Å²) in [7, 11) is -3.68. The molecule has 0 aromatic rings. The maximum absolute atomic E-state index is 10.8. The van der Waals surface area contributed by atoms with Gasteiger partial charge in [0.25, 0.3) is 0 Å². The molecule has 0 aliphatic rings. The smallest absolute Gasteiger partial charge is 0.445 e. The van der Waals surface area contributed by atoms with Gasteiger partial charge in [-0.15, -0.1) is 0 Å². The summed E-state index contributed by atoms with van der Waals surface area (Å²) >= 11 is 0. The van der Waals surface area contributed by atoms with Gasteiger partial charge >= 0.3 is 13.7 Å². The normalized spacial score (nSPS) is 11.7. The van der Waals surface area contributed by atoms with E-state index in [9.17, 15) is 9.69 Å². The number of carboxylic acid groups (broad SMARTS) is 1. The average Bonchev–Trinajstić information content (AvgIpc) is 2.18. The monoisotopic (exact) mass is 239 g/mol. The van der Waals surface area contributed by atoms with E-state index < -0.39 is 13.7 Å². The van der Waals surface area contributed by atoms with Crippen LogP contribution >= 0.6 is 7.94 Å². The molecule has 0 aliphatic heterocycles.